The van der Waals surface area contributed by atoms with Crippen LogP contribution in [-0.2, 0) is 0 Å². The van der Waals surface area contributed by atoms with Gasteiger partial charge in [-0.25, -0.2) is 4.39 Å². The van der Waals surface area contributed by atoms with Crippen molar-refractivity contribution in [3.8, 4) is 0 Å². The third-order valence-electron chi connectivity index (χ3n) is 3.51. The summed E-state index contributed by atoms with van der Waals surface area (Å²) in [6, 6.07) is 4.31. The first-order valence-corrected chi connectivity index (χ1v) is 5.69. The van der Waals surface area contributed by atoms with E-state index in [1.54, 1.807) is 6.07 Å². The van der Waals surface area contributed by atoms with E-state index in [0.717, 1.165) is 18.4 Å². The first-order chi connectivity index (χ1) is 7.53. The molecule has 0 aromatic heterocycles. The molecule has 0 heterocycles. The third kappa shape index (κ3) is 1.97. The molecule has 1 unspecified atom stereocenters. The number of rotatable bonds is 2. The maximum atomic E-state index is 13.1. The summed E-state index contributed by atoms with van der Waals surface area (Å²) < 4.78 is 13.1. The van der Waals surface area contributed by atoms with E-state index in [-0.39, 0.29) is 5.82 Å². The molecule has 0 aliphatic heterocycles. The Hall–Kier alpha value is -0.930. The molecule has 0 spiro atoms. The number of aliphatic hydroxyl groups is 2. The molecule has 1 aliphatic rings. The number of halogens is 1. The lowest BCUT2D eigenvalue weighted by atomic mass is 9.87. The predicted octanol–water partition coefficient (Wildman–Crippen LogP) is 2.47. The lowest BCUT2D eigenvalue weighted by Gasteiger charge is -2.29. The minimum atomic E-state index is -1.07. The van der Waals surface area contributed by atoms with Gasteiger partial charge in [0.25, 0.3) is 0 Å². The van der Waals surface area contributed by atoms with Crippen LogP contribution in [0.3, 0.4) is 0 Å². The summed E-state index contributed by atoms with van der Waals surface area (Å²) in [5, 5.41) is 20.4. The van der Waals surface area contributed by atoms with E-state index >= 15 is 0 Å². The number of hydrogen-bond donors (Lipinski definition) is 2. The Morgan fingerprint density at radius 3 is 2.56 bits per heavy atom. The minimum absolute atomic E-state index is 0.374. The van der Waals surface area contributed by atoms with Crippen molar-refractivity contribution < 1.29 is 14.6 Å². The second-order valence-electron chi connectivity index (χ2n) is 4.71. The van der Waals surface area contributed by atoms with E-state index in [4.69, 9.17) is 0 Å². The zero-order chi connectivity index (χ0) is 11.8. The first kappa shape index (κ1) is 11.6. The van der Waals surface area contributed by atoms with Crippen molar-refractivity contribution in [2.24, 2.45) is 0 Å². The average Bonchev–Trinajstić information content (AvgIpc) is 2.69. The number of benzene rings is 1. The van der Waals surface area contributed by atoms with Crippen LogP contribution in [0.5, 0.6) is 0 Å². The molecule has 1 fully saturated rings. The van der Waals surface area contributed by atoms with Crippen molar-refractivity contribution in [1.82, 2.24) is 0 Å². The van der Waals surface area contributed by atoms with Gasteiger partial charge < -0.3 is 10.2 Å². The molecule has 1 aromatic rings. The molecular weight excluding hydrogens is 207 g/mol. The molecule has 0 radical (unpaired) electrons. The van der Waals surface area contributed by atoms with Gasteiger partial charge in [0.1, 0.15) is 11.9 Å². The van der Waals surface area contributed by atoms with Gasteiger partial charge in [0.15, 0.2) is 0 Å². The van der Waals surface area contributed by atoms with Crippen molar-refractivity contribution in [3.05, 3.63) is 35.1 Å². The van der Waals surface area contributed by atoms with Crippen LogP contribution in [0.25, 0.3) is 0 Å². The van der Waals surface area contributed by atoms with Crippen LogP contribution in [0.1, 0.15) is 42.9 Å². The van der Waals surface area contributed by atoms with Gasteiger partial charge in [-0.15, -0.1) is 0 Å². The van der Waals surface area contributed by atoms with E-state index in [0.29, 0.717) is 18.4 Å². The fourth-order valence-electron chi connectivity index (χ4n) is 2.46. The zero-order valence-corrected chi connectivity index (χ0v) is 9.41. The molecule has 0 saturated heterocycles. The third-order valence-corrected chi connectivity index (χ3v) is 3.51. The highest BCUT2D eigenvalue weighted by Crippen LogP contribution is 2.40. The van der Waals surface area contributed by atoms with Gasteiger partial charge in [-0.1, -0.05) is 18.9 Å². The number of aliphatic hydroxyl groups excluding tert-OH is 1. The second kappa shape index (κ2) is 4.15. The predicted molar refractivity (Wildman–Crippen MR) is 59.5 cm³/mol. The van der Waals surface area contributed by atoms with Gasteiger partial charge in [-0.2, -0.15) is 0 Å². The van der Waals surface area contributed by atoms with Crippen molar-refractivity contribution in [1.29, 1.82) is 0 Å². The normalized spacial score (nSPS) is 21.0. The summed E-state index contributed by atoms with van der Waals surface area (Å²) in [6.45, 7) is 1.82. The SMILES string of the molecule is Cc1ccc(F)cc1C(O)C1(O)CCCC1. The van der Waals surface area contributed by atoms with Crippen LogP contribution in [0.4, 0.5) is 4.39 Å². The zero-order valence-electron chi connectivity index (χ0n) is 9.41. The molecule has 2 nitrogen and oxygen atoms in total. The molecule has 0 bridgehead atoms. The van der Waals surface area contributed by atoms with Crippen LogP contribution in [0.2, 0.25) is 0 Å². The number of hydrogen-bond acceptors (Lipinski definition) is 2. The molecule has 16 heavy (non-hydrogen) atoms. The Morgan fingerprint density at radius 1 is 1.31 bits per heavy atom. The first-order valence-electron chi connectivity index (χ1n) is 5.69. The fraction of sp³-hybridized carbons (Fsp3) is 0.538. The van der Waals surface area contributed by atoms with Gasteiger partial charge >= 0.3 is 0 Å². The Labute approximate surface area is 94.7 Å². The lowest BCUT2D eigenvalue weighted by Crippen LogP contribution is -2.33. The molecule has 1 aromatic carbocycles. The smallest absolute Gasteiger partial charge is 0.123 e. The monoisotopic (exact) mass is 224 g/mol. The van der Waals surface area contributed by atoms with E-state index in [1.807, 2.05) is 6.92 Å². The highest BCUT2D eigenvalue weighted by Gasteiger charge is 2.39. The average molecular weight is 224 g/mol. The summed E-state index contributed by atoms with van der Waals surface area (Å²) in [6.07, 6.45) is 2.03. The maximum absolute atomic E-state index is 13.1. The maximum Gasteiger partial charge on any atom is 0.123 e. The van der Waals surface area contributed by atoms with Crippen molar-refractivity contribution in [2.75, 3.05) is 0 Å². The Kier molecular flexibility index (Phi) is 3.00. The molecule has 2 rings (SSSR count). The quantitative estimate of drug-likeness (QED) is 0.810. The van der Waals surface area contributed by atoms with Gasteiger partial charge in [-0.3, -0.25) is 0 Å². The molecule has 1 saturated carbocycles. The molecule has 0 amide bonds. The second-order valence-corrected chi connectivity index (χ2v) is 4.71. The van der Waals surface area contributed by atoms with Crippen LogP contribution in [-0.4, -0.2) is 15.8 Å². The van der Waals surface area contributed by atoms with Crippen LogP contribution in [0, 0.1) is 12.7 Å². The highest BCUT2D eigenvalue weighted by molar-refractivity contribution is 5.30. The Balaban J connectivity index is 2.32. The van der Waals surface area contributed by atoms with Gasteiger partial charge in [0, 0.05) is 0 Å². The summed E-state index contributed by atoms with van der Waals surface area (Å²) >= 11 is 0. The largest absolute Gasteiger partial charge is 0.387 e. The standard InChI is InChI=1S/C13H17FO2/c1-9-4-5-10(14)8-11(9)12(15)13(16)6-2-3-7-13/h4-5,8,12,15-16H,2-3,6-7H2,1H3. The summed E-state index contributed by atoms with van der Waals surface area (Å²) in [5.41, 5.74) is 0.247. The van der Waals surface area contributed by atoms with Crippen LogP contribution < -0.4 is 0 Å². The molecule has 3 heteroatoms. The van der Waals surface area contributed by atoms with E-state index in [9.17, 15) is 14.6 Å². The summed E-state index contributed by atoms with van der Waals surface area (Å²) in [4.78, 5) is 0. The fourth-order valence-corrected chi connectivity index (χ4v) is 2.46. The van der Waals surface area contributed by atoms with E-state index in [1.165, 1.54) is 12.1 Å². The molecule has 2 N–H and O–H groups in total. The topological polar surface area (TPSA) is 40.5 Å². The van der Waals surface area contributed by atoms with E-state index < -0.39 is 11.7 Å². The molecule has 1 aliphatic carbocycles. The van der Waals surface area contributed by atoms with Crippen molar-refractivity contribution >= 4 is 0 Å². The van der Waals surface area contributed by atoms with Crippen LogP contribution in [0.15, 0.2) is 18.2 Å². The minimum Gasteiger partial charge on any atom is -0.387 e. The summed E-state index contributed by atoms with van der Waals surface area (Å²) in [5.74, 6) is -0.374. The van der Waals surface area contributed by atoms with E-state index in [2.05, 4.69) is 0 Å². The van der Waals surface area contributed by atoms with Gasteiger partial charge in [0.2, 0.25) is 0 Å². The summed E-state index contributed by atoms with van der Waals surface area (Å²) in [7, 11) is 0. The Bertz CT molecular complexity index is 384. The van der Waals surface area contributed by atoms with Crippen molar-refractivity contribution in [3.63, 3.8) is 0 Å². The Morgan fingerprint density at radius 2 is 1.94 bits per heavy atom. The molecular formula is C13H17FO2. The number of aryl methyl sites for hydroxylation is 1. The molecule has 88 valence electrons. The molecule has 1 atom stereocenters. The lowest BCUT2D eigenvalue weighted by molar-refractivity contribution is -0.0722. The van der Waals surface area contributed by atoms with Gasteiger partial charge in [0.05, 0.1) is 5.60 Å². The van der Waals surface area contributed by atoms with Gasteiger partial charge in [-0.05, 0) is 43.0 Å². The van der Waals surface area contributed by atoms with Crippen LogP contribution >= 0.6 is 0 Å². The highest BCUT2D eigenvalue weighted by atomic mass is 19.1. The van der Waals surface area contributed by atoms with Crippen molar-refractivity contribution in [2.45, 2.75) is 44.3 Å².